The van der Waals surface area contributed by atoms with Gasteiger partial charge in [0.25, 0.3) is 5.91 Å². The number of hydrogen-bond donors (Lipinski definition) is 1. The second-order valence-corrected chi connectivity index (χ2v) is 8.81. The number of nitrogens with zero attached hydrogens (tertiary/aromatic N) is 2. The lowest BCUT2D eigenvalue weighted by molar-refractivity contribution is -0.117. The molecular weight excluding hydrogens is 418 g/mol. The zero-order chi connectivity index (χ0) is 23.4. The molecule has 0 radical (unpaired) electrons. The number of carbonyl (C=O) groups is 3. The Bertz CT molecular complexity index is 1030. The van der Waals surface area contributed by atoms with Gasteiger partial charge >= 0.3 is 0 Å². The Hall–Kier alpha value is -3.19. The maximum absolute atomic E-state index is 13.3. The molecule has 7 nitrogen and oxygen atoms in total. The van der Waals surface area contributed by atoms with Crippen molar-refractivity contribution in [2.75, 3.05) is 36.5 Å². The summed E-state index contributed by atoms with van der Waals surface area (Å²) in [5.74, 6) is -0.354. The van der Waals surface area contributed by atoms with E-state index in [-0.39, 0.29) is 30.4 Å². The highest BCUT2D eigenvalue weighted by atomic mass is 16.5. The minimum Gasteiger partial charge on any atom is -0.376 e. The number of ether oxygens (including phenoxy) is 1. The molecule has 1 atom stereocenters. The standard InChI is InChI=1S/C26H31N3O4/c1-18-6-3-8-23(19(18)2)27-24(30)17-28(16-22-7-5-15-33-22)26(32)20-10-12-21(13-11-20)29-14-4-9-25(29)31/h3,6,8,10-13,22H,4-5,7,9,14-17H2,1-2H3,(H,27,30). The van der Waals surface area contributed by atoms with Gasteiger partial charge in [0.1, 0.15) is 6.54 Å². The highest BCUT2D eigenvalue weighted by Gasteiger charge is 2.26. The predicted octanol–water partition coefficient (Wildman–Crippen LogP) is 3.69. The molecule has 1 N–H and O–H groups in total. The number of amides is 3. The van der Waals surface area contributed by atoms with E-state index in [1.54, 1.807) is 34.1 Å². The third-order valence-electron chi connectivity index (χ3n) is 6.45. The summed E-state index contributed by atoms with van der Waals surface area (Å²) < 4.78 is 5.73. The molecule has 174 valence electrons. The molecule has 2 aliphatic heterocycles. The first-order valence-corrected chi connectivity index (χ1v) is 11.6. The molecule has 4 rings (SSSR count). The fraction of sp³-hybridized carbons (Fsp3) is 0.423. The SMILES string of the molecule is Cc1cccc(NC(=O)CN(CC2CCCO2)C(=O)c2ccc(N3CCCC3=O)cc2)c1C. The van der Waals surface area contributed by atoms with Crippen molar-refractivity contribution in [2.24, 2.45) is 0 Å². The van der Waals surface area contributed by atoms with Gasteiger partial charge in [-0.1, -0.05) is 12.1 Å². The number of benzene rings is 2. The van der Waals surface area contributed by atoms with Crippen molar-refractivity contribution in [1.29, 1.82) is 0 Å². The Kier molecular flexibility index (Phi) is 7.08. The summed E-state index contributed by atoms with van der Waals surface area (Å²) in [6, 6.07) is 12.8. The van der Waals surface area contributed by atoms with E-state index < -0.39 is 0 Å². The quantitative estimate of drug-likeness (QED) is 0.699. The minimum atomic E-state index is -0.241. The van der Waals surface area contributed by atoms with Gasteiger partial charge in [0.15, 0.2) is 0 Å². The lowest BCUT2D eigenvalue weighted by Gasteiger charge is -2.25. The molecule has 0 aromatic heterocycles. The van der Waals surface area contributed by atoms with Gasteiger partial charge < -0.3 is 19.9 Å². The van der Waals surface area contributed by atoms with E-state index in [0.29, 0.717) is 31.7 Å². The van der Waals surface area contributed by atoms with Gasteiger partial charge in [0, 0.05) is 43.1 Å². The Morgan fingerprint density at radius 1 is 1.12 bits per heavy atom. The molecule has 0 bridgehead atoms. The van der Waals surface area contributed by atoms with E-state index in [9.17, 15) is 14.4 Å². The van der Waals surface area contributed by atoms with Gasteiger partial charge in [-0.2, -0.15) is 0 Å². The average Bonchev–Trinajstić information content (AvgIpc) is 3.48. The van der Waals surface area contributed by atoms with E-state index in [2.05, 4.69) is 5.32 Å². The summed E-state index contributed by atoms with van der Waals surface area (Å²) >= 11 is 0. The summed E-state index contributed by atoms with van der Waals surface area (Å²) in [5, 5.41) is 2.95. The molecule has 3 amide bonds. The molecule has 2 aromatic carbocycles. The van der Waals surface area contributed by atoms with Crippen LogP contribution in [0.4, 0.5) is 11.4 Å². The fourth-order valence-electron chi connectivity index (χ4n) is 4.39. The number of rotatable bonds is 7. The maximum Gasteiger partial charge on any atom is 0.254 e. The summed E-state index contributed by atoms with van der Waals surface area (Å²) in [5.41, 5.74) is 4.14. The zero-order valence-corrected chi connectivity index (χ0v) is 19.3. The second-order valence-electron chi connectivity index (χ2n) is 8.81. The van der Waals surface area contributed by atoms with Crippen LogP contribution >= 0.6 is 0 Å². The largest absolute Gasteiger partial charge is 0.376 e. The van der Waals surface area contributed by atoms with Gasteiger partial charge in [0.2, 0.25) is 11.8 Å². The van der Waals surface area contributed by atoms with E-state index in [1.165, 1.54) is 0 Å². The number of anilines is 2. The van der Waals surface area contributed by atoms with E-state index in [4.69, 9.17) is 4.74 Å². The third kappa shape index (κ3) is 5.42. The number of nitrogens with one attached hydrogen (secondary N) is 1. The lowest BCUT2D eigenvalue weighted by Crippen LogP contribution is -2.42. The summed E-state index contributed by atoms with van der Waals surface area (Å²) in [6.45, 7) is 5.66. The van der Waals surface area contributed by atoms with E-state index >= 15 is 0 Å². The normalized spacial score (nSPS) is 17.9. The maximum atomic E-state index is 13.3. The highest BCUT2D eigenvalue weighted by Crippen LogP contribution is 2.23. The number of hydrogen-bond acceptors (Lipinski definition) is 4. The van der Waals surface area contributed by atoms with Crippen molar-refractivity contribution in [1.82, 2.24) is 4.90 Å². The number of carbonyl (C=O) groups excluding carboxylic acids is 3. The van der Waals surface area contributed by atoms with Crippen molar-refractivity contribution in [3.05, 3.63) is 59.2 Å². The summed E-state index contributed by atoms with van der Waals surface area (Å²) in [7, 11) is 0. The number of aryl methyl sites for hydroxylation is 1. The topological polar surface area (TPSA) is 79.0 Å². The fourth-order valence-corrected chi connectivity index (χ4v) is 4.39. The van der Waals surface area contributed by atoms with Crippen LogP contribution in [0.25, 0.3) is 0 Å². The Labute approximate surface area is 194 Å². The van der Waals surface area contributed by atoms with Crippen LogP contribution in [0, 0.1) is 13.8 Å². The van der Waals surface area contributed by atoms with Crippen molar-refractivity contribution >= 4 is 29.1 Å². The van der Waals surface area contributed by atoms with Crippen molar-refractivity contribution in [3.8, 4) is 0 Å². The van der Waals surface area contributed by atoms with Crippen LogP contribution in [0.15, 0.2) is 42.5 Å². The first-order valence-electron chi connectivity index (χ1n) is 11.6. The highest BCUT2D eigenvalue weighted by molar-refractivity contribution is 6.00. The van der Waals surface area contributed by atoms with Crippen LogP contribution in [0.2, 0.25) is 0 Å². The third-order valence-corrected chi connectivity index (χ3v) is 6.45. The van der Waals surface area contributed by atoms with Crippen LogP contribution in [0.1, 0.15) is 47.2 Å². The Balaban J connectivity index is 1.48. The first-order chi connectivity index (χ1) is 15.9. The molecule has 33 heavy (non-hydrogen) atoms. The van der Waals surface area contributed by atoms with E-state index in [1.807, 2.05) is 32.0 Å². The average molecular weight is 450 g/mol. The van der Waals surface area contributed by atoms with Crippen LogP contribution in [-0.4, -0.2) is 55.0 Å². The molecule has 2 saturated heterocycles. The van der Waals surface area contributed by atoms with Crippen LogP contribution in [-0.2, 0) is 14.3 Å². The van der Waals surface area contributed by atoms with Gasteiger partial charge in [-0.05, 0) is 74.6 Å². The molecule has 7 heteroatoms. The molecule has 1 unspecified atom stereocenters. The Morgan fingerprint density at radius 2 is 1.91 bits per heavy atom. The smallest absolute Gasteiger partial charge is 0.254 e. The molecule has 2 heterocycles. The molecule has 2 fully saturated rings. The van der Waals surface area contributed by atoms with Gasteiger partial charge in [-0.3, -0.25) is 14.4 Å². The van der Waals surface area contributed by atoms with Crippen molar-refractivity contribution in [3.63, 3.8) is 0 Å². The summed E-state index contributed by atoms with van der Waals surface area (Å²) in [4.78, 5) is 41.5. The summed E-state index contributed by atoms with van der Waals surface area (Å²) in [6.07, 6.45) is 3.18. The van der Waals surface area contributed by atoms with Gasteiger partial charge in [-0.25, -0.2) is 0 Å². The minimum absolute atomic E-state index is 0.0571. The van der Waals surface area contributed by atoms with Crippen LogP contribution in [0.5, 0.6) is 0 Å². The van der Waals surface area contributed by atoms with Crippen LogP contribution < -0.4 is 10.2 Å². The lowest BCUT2D eigenvalue weighted by atomic mass is 10.1. The molecule has 2 aliphatic rings. The molecule has 0 aliphatic carbocycles. The molecule has 2 aromatic rings. The monoisotopic (exact) mass is 449 g/mol. The Morgan fingerprint density at radius 3 is 2.58 bits per heavy atom. The molecule has 0 saturated carbocycles. The van der Waals surface area contributed by atoms with Gasteiger partial charge in [0.05, 0.1) is 6.10 Å². The zero-order valence-electron chi connectivity index (χ0n) is 19.3. The van der Waals surface area contributed by atoms with Gasteiger partial charge in [-0.15, -0.1) is 0 Å². The first kappa shape index (κ1) is 23.0. The predicted molar refractivity (Wildman–Crippen MR) is 127 cm³/mol. The second kappa shape index (κ2) is 10.2. The van der Waals surface area contributed by atoms with Crippen molar-refractivity contribution < 1.29 is 19.1 Å². The molecule has 0 spiro atoms. The van der Waals surface area contributed by atoms with E-state index in [0.717, 1.165) is 41.8 Å². The molecular formula is C26H31N3O4. The van der Waals surface area contributed by atoms with Crippen LogP contribution in [0.3, 0.4) is 0 Å². The van der Waals surface area contributed by atoms with Crippen molar-refractivity contribution in [2.45, 2.75) is 45.6 Å².